The van der Waals surface area contributed by atoms with Crippen molar-refractivity contribution in [3.63, 3.8) is 0 Å². The van der Waals surface area contributed by atoms with E-state index >= 15 is 0 Å². The number of para-hydroxylation sites is 1. The van der Waals surface area contributed by atoms with Gasteiger partial charge in [-0.3, -0.25) is 9.20 Å². The first-order valence-corrected chi connectivity index (χ1v) is 11.0. The minimum absolute atomic E-state index is 0.0511. The SMILES string of the molecule is Cc1ccc(N(CCC#N)C(=O)CSc2nnc3sc4ccccc4n23)cc1C. The Bertz CT molecular complexity index is 1240. The van der Waals surface area contributed by atoms with Gasteiger partial charge in [-0.25, -0.2) is 0 Å². The van der Waals surface area contributed by atoms with Gasteiger partial charge in [0, 0.05) is 12.2 Å². The van der Waals surface area contributed by atoms with Crippen LogP contribution >= 0.6 is 23.1 Å². The lowest BCUT2D eigenvalue weighted by Crippen LogP contribution is -2.33. The van der Waals surface area contributed by atoms with Crippen molar-refractivity contribution in [3.8, 4) is 6.07 Å². The average Bonchev–Trinajstić information content (AvgIpc) is 3.28. The molecule has 2 aromatic heterocycles. The number of rotatable bonds is 6. The molecule has 0 radical (unpaired) electrons. The van der Waals surface area contributed by atoms with Gasteiger partial charge in [0.2, 0.25) is 10.9 Å². The van der Waals surface area contributed by atoms with E-state index in [9.17, 15) is 4.79 Å². The van der Waals surface area contributed by atoms with Crippen LogP contribution in [0, 0.1) is 25.2 Å². The standard InChI is InChI=1S/C21H19N5OS2/c1-14-8-9-16(12-15(14)2)25(11-5-10-22)19(27)13-28-20-23-24-21-26(20)17-6-3-4-7-18(17)29-21/h3-4,6-9,12H,5,11,13H2,1-2H3. The number of fused-ring (bicyclic) bond motifs is 3. The molecule has 2 aromatic carbocycles. The van der Waals surface area contributed by atoms with Crippen LogP contribution in [-0.4, -0.2) is 32.8 Å². The summed E-state index contributed by atoms with van der Waals surface area (Å²) in [5.41, 5.74) is 4.16. The topological polar surface area (TPSA) is 74.3 Å². The first kappa shape index (κ1) is 19.4. The molecule has 0 spiro atoms. The molecule has 0 N–H and O–H groups in total. The van der Waals surface area contributed by atoms with Crippen molar-refractivity contribution in [2.45, 2.75) is 25.4 Å². The number of anilines is 1. The summed E-state index contributed by atoms with van der Waals surface area (Å²) < 4.78 is 3.13. The summed E-state index contributed by atoms with van der Waals surface area (Å²) in [4.78, 5) is 15.5. The van der Waals surface area contributed by atoms with Crippen LogP contribution in [0.15, 0.2) is 47.6 Å². The number of aromatic nitrogens is 3. The molecule has 146 valence electrons. The van der Waals surface area contributed by atoms with Gasteiger partial charge in [-0.15, -0.1) is 10.2 Å². The predicted molar refractivity (Wildman–Crippen MR) is 118 cm³/mol. The largest absolute Gasteiger partial charge is 0.311 e. The highest BCUT2D eigenvalue weighted by atomic mass is 32.2. The van der Waals surface area contributed by atoms with E-state index < -0.39 is 0 Å². The molecule has 0 saturated heterocycles. The summed E-state index contributed by atoms with van der Waals surface area (Å²) in [5.74, 6) is 0.174. The quantitative estimate of drug-likeness (QED) is 0.425. The lowest BCUT2D eigenvalue weighted by atomic mass is 10.1. The molecule has 0 unspecified atom stereocenters. The van der Waals surface area contributed by atoms with Crippen molar-refractivity contribution in [2.24, 2.45) is 0 Å². The van der Waals surface area contributed by atoms with Gasteiger partial charge in [0.05, 0.1) is 28.5 Å². The summed E-state index contributed by atoms with van der Waals surface area (Å²) in [6.45, 7) is 4.43. The molecule has 4 aromatic rings. The molecule has 0 saturated carbocycles. The Morgan fingerprint density at radius 1 is 1.21 bits per heavy atom. The Balaban J connectivity index is 1.57. The Hall–Kier alpha value is -2.89. The first-order chi connectivity index (χ1) is 14.1. The lowest BCUT2D eigenvalue weighted by Gasteiger charge is -2.22. The number of thiazole rings is 1. The first-order valence-electron chi connectivity index (χ1n) is 9.18. The smallest absolute Gasteiger partial charge is 0.237 e. The molecular formula is C21H19N5OS2. The van der Waals surface area contributed by atoms with Gasteiger partial charge in [-0.1, -0.05) is 41.3 Å². The highest BCUT2D eigenvalue weighted by Gasteiger charge is 2.19. The monoisotopic (exact) mass is 421 g/mol. The summed E-state index contributed by atoms with van der Waals surface area (Å²) in [5, 5.41) is 18.2. The van der Waals surface area contributed by atoms with Crippen LogP contribution in [0.3, 0.4) is 0 Å². The third-order valence-corrected chi connectivity index (χ3v) is 6.71. The van der Waals surface area contributed by atoms with Crippen LogP contribution in [0.4, 0.5) is 5.69 Å². The second kappa shape index (κ2) is 8.23. The second-order valence-electron chi connectivity index (χ2n) is 6.68. The Morgan fingerprint density at radius 3 is 2.83 bits per heavy atom. The molecule has 29 heavy (non-hydrogen) atoms. The number of thioether (sulfide) groups is 1. The van der Waals surface area contributed by atoms with Gasteiger partial charge in [0.25, 0.3) is 0 Å². The molecule has 8 heteroatoms. The van der Waals surface area contributed by atoms with E-state index in [0.29, 0.717) is 11.7 Å². The minimum Gasteiger partial charge on any atom is -0.311 e. The van der Waals surface area contributed by atoms with Crippen molar-refractivity contribution >= 4 is 49.9 Å². The highest BCUT2D eigenvalue weighted by molar-refractivity contribution is 7.99. The molecular weight excluding hydrogens is 402 g/mol. The molecule has 0 aliphatic rings. The maximum Gasteiger partial charge on any atom is 0.237 e. The van der Waals surface area contributed by atoms with Crippen LogP contribution in [-0.2, 0) is 4.79 Å². The molecule has 0 aliphatic carbocycles. The maximum absolute atomic E-state index is 13.0. The maximum atomic E-state index is 13.0. The number of hydrogen-bond acceptors (Lipinski definition) is 6. The number of nitrogens with zero attached hydrogens (tertiary/aromatic N) is 5. The van der Waals surface area contributed by atoms with Gasteiger partial charge < -0.3 is 4.90 Å². The predicted octanol–water partition coefficient (Wildman–Crippen LogP) is 4.60. The third kappa shape index (κ3) is 3.84. The van der Waals surface area contributed by atoms with E-state index in [2.05, 4.69) is 22.3 Å². The molecule has 1 amide bonds. The van der Waals surface area contributed by atoms with Crippen molar-refractivity contribution in [3.05, 3.63) is 53.6 Å². The van der Waals surface area contributed by atoms with Gasteiger partial charge in [-0.05, 0) is 49.2 Å². The van der Waals surface area contributed by atoms with Crippen LogP contribution in [0.5, 0.6) is 0 Å². The normalized spacial score (nSPS) is 11.1. The number of nitriles is 1. The van der Waals surface area contributed by atoms with Crippen molar-refractivity contribution in [1.29, 1.82) is 5.26 Å². The number of carbonyl (C=O) groups is 1. The van der Waals surface area contributed by atoms with Crippen molar-refractivity contribution < 1.29 is 4.79 Å². The fourth-order valence-corrected chi connectivity index (χ4v) is 4.95. The fraction of sp³-hybridized carbons (Fsp3) is 0.238. The Kier molecular flexibility index (Phi) is 5.51. The van der Waals surface area contributed by atoms with Crippen LogP contribution in [0.25, 0.3) is 15.2 Å². The molecule has 0 atom stereocenters. The zero-order valence-corrected chi connectivity index (χ0v) is 17.8. The fourth-order valence-electron chi connectivity index (χ4n) is 3.11. The summed E-state index contributed by atoms with van der Waals surface area (Å²) in [7, 11) is 0. The van der Waals surface area contributed by atoms with Gasteiger partial charge in [0.1, 0.15) is 0 Å². The number of benzene rings is 2. The van der Waals surface area contributed by atoms with Crippen LogP contribution in [0.2, 0.25) is 0 Å². The molecule has 0 aliphatic heterocycles. The summed E-state index contributed by atoms with van der Waals surface area (Å²) >= 11 is 2.95. The van der Waals surface area contributed by atoms with Gasteiger partial charge >= 0.3 is 0 Å². The second-order valence-corrected chi connectivity index (χ2v) is 8.63. The number of aryl methyl sites for hydroxylation is 2. The molecule has 0 bridgehead atoms. The van der Waals surface area contributed by atoms with Gasteiger partial charge in [0.15, 0.2) is 5.16 Å². The Labute approximate surface area is 176 Å². The zero-order chi connectivity index (χ0) is 20.4. The highest BCUT2D eigenvalue weighted by Crippen LogP contribution is 2.30. The van der Waals surface area contributed by atoms with E-state index in [1.54, 1.807) is 16.2 Å². The van der Waals surface area contributed by atoms with Crippen LogP contribution in [0.1, 0.15) is 17.5 Å². The van der Waals surface area contributed by atoms with Crippen molar-refractivity contribution in [2.75, 3.05) is 17.2 Å². The Morgan fingerprint density at radius 2 is 2.03 bits per heavy atom. The van der Waals surface area contributed by atoms with Crippen molar-refractivity contribution in [1.82, 2.24) is 14.6 Å². The van der Waals surface area contributed by atoms with Crippen LogP contribution < -0.4 is 4.90 Å². The van der Waals surface area contributed by atoms with Gasteiger partial charge in [-0.2, -0.15) is 5.26 Å². The third-order valence-electron chi connectivity index (χ3n) is 4.79. The summed E-state index contributed by atoms with van der Waals surface area (Å²) in [6.07, 6.45) is 0.285. The zero-order valence-electron chi connectivity index (χ0n) is 16.1. The number of hydrogen-bond donors (Lipinski definition) is 0. The van der Waals surface area contributed by atoms with E-state index in [1.807, 2.05) is 54.6 Å². The minimum atomic E-state index is -0.0511. The van der Waals surface area contributed by atoms with E-state index in [0.717, 1.165) is 26.4 Å². The number of amides is 1. The van der Waals surface area contributed by atoms with E-state index in [1.165, 1.54) is 17.3 Å². The molecule has 4 rings (SSSR count). The summed E-state index contributed by atoms with van der Waals surface area (Å²) in [6, 6.07) is 16.1. The molecule has 2 heterocycles. The number of carbonyl (C=O) groups excluding carboxylic acids is 1. The lowest BCUT2D eigenvalue weighted by molar-refractivity contribution is -0.116. The molecule has 0 fully saturated rings. The molecule has 6 nitrogen and oxygen atoms in total. The van der Waals surface area contributed by atoms with E-state index in [-0.39, 0.29) is 18.1 Å². The van der Waals surface area contributed by atoms with E-state index in [4.69, 9.17) is 5.26 Å². The average molecular weight is 422 g/mol.